The zero-order chi connectivity index (χ0) is 17.1. The molecule has 0 radical (unpaired) electrons. The molecular weight excluding hydrogens is 328 g/mol. The first-order valence-electron chi connectivity index (χ1n) is 7.21. The molecule has 0 saturated heterocycles. The Labute approximate surface area is 144 Å². The molecule has 6 heteroatoms. The van der Waals surface area contributed by atoms with E-state index in [2.05, 4.69) is 10.3 Å². The van der Waals surface area contributed by atoms with Gasteiger partial charge in [-0.3, -0.25) is 0 Å². The highest BCUT2D eigenvalue weighted by atomic mass is 35.5. The largest absolute Gasteiger partial charge is 0.494 e. The fourth-order valence-corrected chi connectivity index (χ4v) is 2.51. The normalized spacial score (nSPS) is 10.5. The van der Waals surface area contributed by atoms with Crippen molar-refractivity contribution in [3.8, 4) is 5.75 Å². The Kier molecular flexibility index (Phi) is 4.53. The minimum absolute atomic E-state index is 0.200. The van der Waals surface area contributed by atoms with Crippen LogP contribution in [0, 0.1) is 0 Å². The highest BCUT2D eigenvalue weighted by Crippen LogP contribution is 2.32. The van der Waals surface area contributed by atoms with Gasteiger partial charge in [-0.05, 0) is 36.4 Å². The molecule has 0 aliphatic rings. The van der Waals surface area contributed by atoms with E-state index < -0.39 is 5.97 Å². The summed E-state index contributed by atoms with van der Waals surface area (Å²) < 4.78 is 10.1. The number of hydrogen-bond acceptors (Lipinski definition) is 5. The maximum absolute atomic E-state index is 11.9. The smallest absolute Gasteiger partial charge is 0.356 e. The zero-order valence-corrected chi connectivity index (χ0v) is 13.9. The van der Waals surface area contributed by atoms with Crippen LogP contribution in [-0.4, -0.2) is 25.2 Å². The summed E-state index contributed by atoms with van der Waals surface area (Å²) in [5.41, 5.74) is 2.34. The van der Waals surface area contributed by atoms with Crippen LogP contribution in [0.25, 0.3) is 10.9 Å². The van der Waals surface area contributed by atoms with Crippen molar-refractivity contribution in [3.63, 3.8) is 0 Å². The number of halogens is 1. The van der Waals surface area contributed by atoms with Gasteiger partial charge in [0.05, 0.1) is 19.9 Å². The van der Waals surface area contributed by atoms with Crippen molar-refractivity contribution in [1.82, 2.24) is 4.98 Å². The van der Waals surface area contributed by atoms with Gasteiger partial charge in [-0.15, -0.1) is 0 Å². The van der Waals surface area contributed by atoms with Gasteiger partial charge >= 0.3 is 5.97 Å². The fraction of sp³-hybridized carbons (Fsp3) is 0.111. The average molecular weight is 343 g/mol. The third kappa shape index (κ3) is 3.12. The van der Waals surface area contributed by atoms with Gasteiger partial charge in [0, 0.05) is 16.1 Å². The summed E-state index contributed by atoms with van der Waals surface area (Å²) >= 11 is 5.92. The number of nitrogens with one attached hydrogen (secondary N) is 1. The van der Waals surface area contributed by atoms with E-state index in [0.717, 1.165) is 16.8 Å². The number of ether oxygens (including phenoxy) is 2. The molecule has 0 aliphatic heterocycles. The van der Waals surface area contributed by atoms with Gasteiger partial charge < -0.3 is 14.8 Å². The maximum atomic E-state index is 11.9. The molecule has 0 aliphatic carbocycles. The molecule has 0 atom stereocenters. The van der Waals surface area contributed by atoms with Crippen LogP contribution >= 0.6 is 11.6 Å². The van der Waals surface area contributed by atoms with E-state index in [4.69, 9.17) is 21.1 Å². The van der Waals surface area contributed by atoms with E-state index in [-0.39, 0.29) is 5.69 Å². The van der Waals surface area contributed by atoms with Crippen molar-refractivity contribution in [2.24, 2.45) is 0 Å². The third-order valence-corrected chi connectivity index (χ3v) is 3.79. The summed E-state index contributed by atoms with van der Waals surface area (Å²) in [6, 6.07) is 14.5. The Balaban J connectivity index is 2.16. The van der Waals surface area contributed by atoms with Gasteiger partial charge in [0.25, 0.3) is 0 Å². The number of esters is 1. The average Bonchev–Trinajstić information content (AvgIpc) is 2.62. The molecule has 0 bridgehead atoms. The molecule has 0 saturated carbocycles. The lowest BCUT2D eigenvalue weighted by Gasteiger charge is -2.13. The summed E-state index contributed by atoms with van der Waals surface area (Å²) in [4.78, 5) is 16.3. The van der Waals surface area contributed by atoms with Gasteiger partial charge in [0.15, 0.2) is 5.69 Å². The number of benzene rings is 2. The number of rotatable bonds is 4. The molecule has 1 N–H and O–H groups in total. The van der Waals surface area contributed by atoms with E-state index >= 15 is 0 Å². The van der Waals surface area contributed by atoms with E-state index in [1.54, 1.807) is 31.4 Å². The quantitative estimate of drug-likeness (QED) is 0.711. The second-order valence-electron chi connectivity index (χ2n) is 5.03. The molecule has 0 spiro atoms. The predicted molar refractivity (Wildman–Crippen MR) is 94.4 cm³/mol. The van der Waals surface area contributed by atoms with Gasteiger partial charge in [-0.2, -0.15) is 0 Å². The van der Waals surface area contributed by atoms with Crippen LogP contribution in [0.15, 0.2) is 48.5 Å². The van der Waals surface area contributed by atoms with Crippen molar-refractivity contribution in [2.45, 2.75) is 0 Å². The molecular formula is C18H15ClN2O3. The van der Waals surface area contributed by atoms with Crippen molar-refractivity contribution in [2.75, 3.05) is 19.5 Å². The maximum Gasteiger partial charge on any atom is 0.356 e. The summed E-state index contributed by atoms with van der Waals surface area (Å²) in [5.74, 6) is 0.0689. The molecule has 2 aromatic carbocycles. The number of carbonyl (C=O) groups is 1. The van der Waals surface area contributed by atoms with Crippen LogP contribution in [0.3, 0.4) is 0 Å². The minimum atomic E-state index is -0.512. The second kappa shape index (κ2) is 6.76. The first kappa shape index (κ1) is 16.1. The number of carbonyl (C=O) groups excluding carboxylic acids is 1. The number of aromatic nitrogens is 1. The SMILES string of the molecule is COC(=O)c1cc(Nc2ccc(Cl)cc2)c2cccc(OC)c2n1. The molecule has 3 aromatic rings. The molecule has 24 heavy (non-hydrogen) atoms. The van der Waals surface area contributed by atoms with E-state index in [1.807, 2.05) is 24.3 Å². The molecule has 5 nitrogen and oxygen atoms in total. The fourth-order valence-electron chi connectivity index (χ4n) is 2.39. The van der Waals surface area contributed by atoms with Crippen molar-refractivity contribution in [1.29, 1.82) is 0 Å². The molecule has 0 unspecified atom stereocenters. The zero-order valence-electron chi connectivity index (χ0n) is 13.2. The Bertz CT molecular complexity index is 895. The number of anilines is 2. The number of fused-ring (bicyclic) bond motifs is 1. The number of hydrogen-bond donors (Lipinski definition) is 1. The molecule has 0 fully saturated rings. The van der Waals surface area contributed by atoms with Crippen LogP contribution in [0.4, 0.5) is 11.4 Å². The first-order valence-corrected chi connectivity index (χ1v) is 7.59. The predicted octanol–water partition coefficient (Wildman–Crippen LogP) is 4.43. The van der Waals surface area contributed by atoms with Gasteiger partial charge in [-0.25, -0.2) is 9.78 Å². The Morgan fingerprint density at radius 3 is 2.54 bits per heavy atom. The van der Waals surface area contributed by atoms with Crippen molar-refractivity contribution < 1.29 is 14.3 Å². The van der Waals surface area contributed by atoms with Gasteiger partial charge in [-0.1, -0.05) is 23.7 Å². The van der Waals surface area contributed by atoms with E-state index in [9.17, 15) is 4.79 Å². The van der Waals surface area contributed by atoms with Crippen LogP contribution in [0.1, 0.15) is 10.5 Å². The standard InChI is InChI=1S/C18H15ClN2O3/c1-23-16-5-3-4-13-14(20-12-8-6-11(19)7-9-12)10-15(18(22)24-2)21-17(13)16/h3-10H,1-2H3,(H,20,21). The lowest BCUT2D eigenvalue weighted by Crippen LogP contribution is -2.06. The molecule has 0 amide bonds. The van der Waals surface area contributed by atoms with Gasteiger partial charge in [0.2, 0.25) is 0 Å². The van der Waals surface area contributed by atoms with Crippen LogP contribution in [0.5, 0.6) is 5.75 Å². The highest BCUT2D eigenvalue weighted by molar-refractivity contribution is 6.30. The third-order valence-electron chi connectivity index (χ3n) is 3.54. The number of para-hydroxylation sites is 1. The van der Waals surface area contributed by atoms with Crippen molar-refractivity contribution in [3.05, 3.63) is 59.2 Å². The number of pyridine rings is 1. The van der Waals surface area contributed by atoms with Gasteiger partial charge in [0.1, 0.15) is 11.3 Å². The lowest BCUT2D eigenvalue weighted by molar-refractivity contribution is 0.0594. The first-order chi connectivity index (χ1) is 11.6. The van der Waals surface area contributed by atoms with Crippen LogP contribution in [0.2, 0.25) is 5.02 Å². The number of methoxy groups -OCH3 is 2. The number of nitrogens with zero attached hydrogens (tertiary/aromatic N) is 1. The van der Waals surface area contributed by atoms with Crippen molar-refractivity contribution >= 4 is 39.8 Å². The van der Waals surface area contributed by atoms with E-state index in [1.165, 1.54) is 7.11 Å². The molecule has 122 valence electrons. The molecule has 1 aromatic heterocycles. The summed E-state index contributed by atoms with van der Waals surface area (Å²) in [5, 5.41) is 4.76. The Hall–Kier alpha value is -2.79. The Morgan fingerprint density at radius 2 is 1.88 bits per heavy atom. The minimum Gasteiger partial charge on any atom is -0.494 e. The van der Waals surface area contributed by atoms with Crippen LogP contribution < -0.4 is 10.1 Å². The summed E-state index contributed by atoms with van der Waals surface area (Å²) in [7, 11) is 2.89. The Morgan fingerprint density at radius 1 is 1.12 bits per heavy atom. The summed E-state index contributed by atoms with van der Waals surface area (Å²) in [6.07, 6.45) is 0. The second-order valence-corrected chi connectivity index (χ2v) is 5.47. The lowest BCUT2D eigenvalue weighted by atomic mass is 10.1. The monoisotopic (exact) mass is 342 g/mol. The molecule has 1 heterocycles. The highest BCUT2D eigenvalue weighted by Gasteiger charge is 2.15. The summed E-state index contributed by atoms with van der Waals surface area (Å²) in [6.45, 7) is 0. The molecule has 3 rings (SSSR count). The topological polar surface area (TPSA) is 60.5 Å². The van der Waals surface area contributed by atoms with E-state index in [0.29, 0.717) is 16.3 Å². The van der Waals surface area contributed by atoms with Crippen LogP contribution in [-0.2, 0) is 4.74 Å².